The van der Waals surface area contributed by atoms with E-state index in [-0.39, 0.29) is 36.2 Å². The molecule has 0 amide bonds. The zero-order chi connectivity index (χ0) is 22.5. The van der Waals surface area contributed by atoms with Crippen LogP contribution in [0.4, 0.5) is 18.9 Å². The standard InChI is InChI=1S/C22H26F3NO2.C2H6/c1-13(12-27)3-9-18-14(2)19-11-16(22(23,24)25)6-10-20(19)26-21(18)15-4-7-17(28)8-5-15;1-2/h4-8,10-11,13-14,18,21,26-28H,3,9,12H2,1-2H3;1-2H3/t13?,14?,18?,21-;/m0./s1. The van der Waals surface area contributed by atoms with Crippen molar-refractivity contribution in [3.05, 3.63) is 59.2 Å². The Morgan fingerprint density at radius 3 is 2.27 bits per heavy atom. The lowest BCUT2D eigenvalue weighted by Crippen LogP contribution is -2.31. The molecule has 3 rings (SSSR count). The molecule has 1 heterocycles. The molecule has 0 radical (unpaired) electrons. The van der Waals surface area contributed by atoms with Crippen molar-refractivity contribution in [3.63, 3.8) is 0 Å². The van der Waals surface area contributed by atoms with Gasteiger partial charge in [-0.1, -0.05) is 39.8 Å². The lowest BCUT2D eigenvalue weighted by atomic mass is 9.73. The van der Waals surface area contributed by atoms with Gasteiger partial charge in [-0.15, -0.1) is 0 Å². The van der Waals surface area contributed by atoms with E-state index in [2.05, 4.69) is 5.32 Å². The molecule has 166 valence electrons. The summed E-state index contributed by atoms with van der Waals surface area (Å²) < 4.78 is 39.6. The summed E-state index contributed by atoms with van der Waals surface area (Å²) in [7, 11) is 0. The van der Waals surface area contributed by atoms with Gasteiger partial charge in [-0.05, 0) is 72.1 Å². The van der Waals surface area contributed by atoms with Crippen LogP contribution in [0, 0.1) is 11.8 Å². The smallest absolute Gasteiger partial charge is 0.416 e. The number of alkyl halides is 3. The van der Waals surface area contributed by atoms with Crippen LogP contribution in [0.25, 0.3) is 0 Å². The molecule has 0 bridgehead atoms. The van der Waals surface area contributed by atoms with E-state index in [0.717, 1.165) is 24.5 Å². The monoisotopic (exact) mass is 423 g/mol. The van der Waals surface area contributed by atoms with E-state index in [1.54, 1.807) is 12.1 Å². The highest BCUT2D eigenvalue weighted by molar-refractivity contribution is 5.59. The summed E-state index contributed by atoms with van der Waals surface area (Å²) in [6.07, 6.45) is -2.81. The van der Waals surface area contributed by atoms with E-state index in [4.69, 9.17) is 0 Å². The third-order valence-electron chi connectivity index (χ3n) is 5.81. The first-order chi connectivity index (χ1) is 14.2. The van der Waals surface area contributed by atoms with Crippen LogP contribution in [-0.2, 0) is 6.18 Å². The van der Waals surface area contributed by atoms with Gasteiger partial charge in [0.1, 0.15) is 5.75 Å². The number of hydrogen-bond donors (Lipinski definition) is 3. The number of fused-ring (bicyclic) bond motifs is 1. The molecule has 0 saturated carbocycles. The van der Waals surface area contributed by atoms with Crippen LogP contribution < -0.4 is 5.32 Å². The number of nitrogens with one attached hydrogen (secondary N) is 1. The fraction of sp³-hybridized carbons (Fsp3) is 0.500. The Kier molecular flexibility index (Phi) is 8.18. The maximum Gasteiger partial charge on any atom is 0.416 e. The number of aromatic hydroxyl groups is 1. The molecule has 1 aliphatic heterocycles. The highest BCUT2D eigenvalue weighted by atomic mass is 19.4. The molecular weight excluding hydrogens is 391 g/mol. The predicted octanol–water partition coefficient (Wildman–Crippen LogP) is 6.73. The van der Waals surface area contributed by atoms with Gasteiger partial charge in [-0.3, -0.25) is 0 Å². The number of anilines is 1. The molecule has 2 aromatic carbocycles. The molecule has 1 aliphatic rings. The molecule has 30 heavy (non-hydrogen) atoms. The van der Waals surface area contributed by atoms with E-state index in [0.29, 0.717) is 11.3 Å². The number of halogens is 3. The van der Waals surface area contributed by atoms with Gasteiger partial charge < -0.3 is 15.5 Å². The quantitative estimate of drug-likeness (QED) is 0.500. The second-order valence-corrected chi connectivity index (χ2v) is 7.83. The molecule has 3 unspecified atom stereocenters. The summed E-state index contributed by atoms with van der Waals surface area (Å²) in [5, 5.41) is 22.4. The lowest BCUT2D eigenvalue weighted by molar-refractivity contribution is -0.137. The molecule has 0 fully saturated rings. The Labute approximate surface area is 177 Å². The first kappa shape index (κ1) is 24.1. The van der Waals surface area contributed by atoms with Crippen LogP contribution >= 0.6 is 0 Å². The molecule has 2 aromatic rings. The average molecular weight is 424 g/mol. The number of rotatable bonds is 5. The summed E-state index contributed by atoms with van der Waals surface area (Å²) >= 11 is 0. The second kappa shape index (κ2) is 10.2. The fourth-order valence-corrected chi connectivity index (χ4v) is 4.04. The van der Waals surface area contributed by atoms with Crippen LogP contribution in [0.15, 0.2) is 42.5 Å². The SMILES string of the molecule is CC.CC(CO)CCC1C(C)c2cc(C(F)(F)F)ccc2N[C@H]1c1ccc(O)cc1. The maximum absolute atomic E-state index is 13.2. The summed E-state index contributed by atoms with van der Waals surface area (Å²) in [6, 6.07) is 10.7. The number of aliphatic hydroxyl groups excluding tert-OH is 1. The third-order valence-corrected chi connectivity index (χ3v) is 5.81. The van der Waals surface area contributed by atoms with E-state index < -0.39 is 11.7 Å². The largest absolute Gasteiger partial charge is 0.508 e. The number of aliphatic hydroxyl groups is 1. The minimum absolute atomic E-state index is 0.0644. The summed E-state index contributed by atoms with van der Waals surface area (Å²) in [6.45, 7) is 8.03. The van der Waals surface area contributed by atoms with E-state index in [9.17, 15) is 23.4 Å². The predicted molar refractivity (Wildman–Crippen MR) is 115 cm³/mol. The van der Waals surface area contributed by atoms with Gasteiger partial charge in [0.2, 0.25) is 0 Å². The van der Waals surface area contributed by atoms with Crippen molar-refractivity contribution in [1.29, 1.82) is 0 Å². The zero-order valence-corrected chi connectivity index (χ0v) is 18.0. The van der Waals surface area contributed by atoms with Gasteiger partial charge in [0.05, 0.1) is 11.6 Å². The van der Waals surface area contributed by atoms with Crippen LogP contribution in [-0.4, -0.2) is 16.8 Å². The maximum atomic E-state index is 13.2. The minimum Gasteiger partial charge on any atom is -0.508 e. The summed E-state index contributed by atoms with van der Waals surface area (Å²) in [4.78, 5) is 0. The zero-order valence-electron chi connectivity index (χ0n) is 18.0. The third kappa shape index (κ3) is 5.48. The molecule has 0 aromatic heterocycles. The van der Waals surface area contributed by atoms with Crippen LogP contribution in [0.3, 0.4) is 0 Å². The highest BCUT2D eigenvalue weighted by Crippen LogP contribution is 2.48. The molecule has 4 atom stereocenters. The van der Waals surface area contributed by atoms with E-state index in [1.165, 1.54) is 12.1 Å². The van der Waals surface area contributed by atoms with Gasteiger partial charge in [-0.2, -0.15) is 13.2 Å². The molecule has 3 nitrogen and oxygen atoms in total. The minimum atomic E-state index is -4.37. The van der Waals surface area contributed by atoms with Gasteiger partial charge in [0.25, 0.3) is 0 Å². The number of phenols is 1. The average Bonchev–Trinajstić information content (AvgIpc) is 2.73. The molecule has 0 aliphatic carbocycles. The first-order valence-electron chi connectivity index (χ1n) is 10.6. The molecular formula is C24H32F3NO2. The molecule has 0 saturated heterocycles. The Bertz CT molecular complexity index is 805. The number of benzene rings is 2. The summed E-state index contributed by atoms with van der Waals surface area (Å²) in [5.41, 5.74) is 1.74. The van der Waals surface area contributed by atoms with Crippen LogP contribution in [0.2, 0.25) is 0 Å². The van der Waals surface area contributed by atoms with E-state index in [1.807, 2.05) is 39.8 Å². The molecule has 3 N–H and O–H groups in total. The van der Waals surface area contributed by atoms with Crippen molar-refractivity contribution in [2.45, 2.75) is 58.7 Å². The number of hydrogen-bond acceptors (Lipinski definition) is 3. The van der Waals surface area contributed by atoms with Gasteiger partial charge in [0, 0.05) is 12.3 Å². The Balaban J connectivity index is 0.00000155. The Morgan fingerprint density at radius 1 is 1.07 bits per heavy atom. The lowest BCUT2D eigenvalue weighted by Gasteiger charge is -2.40. The van der Waals surface area contributed by atoms with Crippen LogP contribution in [0.5, 0.6) is 5.75 Å². The summed E-state index contributed by atoms with van der Waals surface area (Å²) in [5.74, 6) is 0.293. The van der Waals surface area contributed by atoms with Gasteiger partial charge in [-0.25, -0.2) is 0 Å². The topological polar surface area (TPSA) is 52.5 Å². The molecule has 6 heteroatoms. The van der Waals surface area contributed by atoms with Crippen molar-refractivity contribution in [1.82, 2.24) is 0 Å². The van der Waals surface area contributed by atoms with E-state index >= 15 is 0 Å². The number of phenolic OH excluding ortho intramolecular Hbond substituents is 1. The van der Waals surface area contributed by atoms with Crippen molar-refractivity contribution in [2.24, 2.45) is 11.8 Å². The normalized spacial score (nSPS) is 21.7. The Hall–Kier alpha value is -2.21. The second-order valence-electron chi connectivity index (χ2n) is 7.83. The Morgan fingerprint density at radius 2 is 1.70 bits per heavy atom. The fourth-order valence-electron chi connectivity index (χ4n) is 4.04. The highest BCUT2D eigenvalue weighted by Gasteiger charge is 2.37. The van der Waals surface area contributed by atoms with Crippen LogP contribution in [0.1, 0.15) is 69.2 Å². The first-order valence-corrected chi connectivity index (χ1v) is 10.6. The van der Waals surface area contributed by atoms with Crippen molar-refractivity contribution < 1.29 is 23.4 Å². The van der Waals surface area contributed by atoms with Gasteiger partial charge >= 0.3 is 6.18 Å². The van der Waals surface area contributed by atoms with Crippen molar-refractivity contribution in [3.8, 4) is 5.75 Å². The van der Waals surface area contributed by atoms with Crippen molar-refractivity contribution >= 4 is 5.69 Å². The van der Waals surface area contributed by atoms with Crippen molar-refractivity contribution in [2.75, 3.05) is 11.9 Å². The van der Waals surface area contributed by atoms with Gasteiger partial charge in [0.15, 0.2) is 0 Å². The molecule has 0 spiro atoms.